The third-order valence-corrected chi connectivity index (χ3v) is 3.52. The summed E-state index contributed by atoms with van der Waals surface area (Å²) >= 11 is 3.39. The van der Waals surface area contributed by atoms with Gasteiger partial charge in [0.2, 0.25) is 0 Å². The molecule has 0 amide bonds. The van der Waals surface area contributed by atoms with Crippen LogP contribution < -0.4 is 0 Å². The van der Waals surface area contributed by atoms with E-state index in [1.165, 1.54) is 12.8 Å². The Morgan fingerprint density at radius 3 is 3.06 bits per heavy atom. The van der Waals surface area contributed by atoms with Gasteiger partial charge in [-0.15, -0.1) is 0 Å². The second-order valence-corrected chi connectivity index (χ2v) is 5.33. The second-order valence-electron chi connectivity index (χ2n) is 4.41. The van der Waals surface area contributed by atoms with Crippen LogP contribution in [0.2, 0.25) is 0 Å². The van der Waals surface area contributed by atoms with Crippen LogP contribution in [-0.4, -0.2) is 46.0 Å². The molecule has 0 saturated carbocycles. The number of aromatic nitrogens is 2. The van der Waals surface area contributed by atoms with Crippen LogP contribution in [0, 0.1) is 5.92 Å². The average Bonchev–Trinajstić information content (AvgIpc) is 2.73. The molecule has 1 unspecified atom stereocenters. The van der Waals surface area contributed by atoms with Crippen LogP contribution in [0.1, 0.15) is 12.8 Å². The molecule has 1 aromatic rings. The number of hydrogen-bond acceptors (Lipinski definition) is 3. The lowest BCUT2D eigenvalue weighted by molar-refractivity contribution is 0.117. The highest BCUT2D eigenvalue weighted by Gasteiger charge is 2.18. The standard InChI is InChI=1S/C11H18BrN3O/c12-11-6-13-15(8-11)5-4-14-3-1-2-10(7-14)9-16/h6,8,10,16H,1-5,7,9H2. The average molecular weight is 288 g/mol. The lowest BCUT2D eigenvalue weighted by Gasteiger charge is -2.31. The molecular formula is C11H18BrN3O. The highest BCUT2D eigenvalue weighted by atomic mass is 79.9. The van der Waals surface area contributed by atoms with Crippen molar-refractivity contribution in [2.45, 2.75) is 19.4 Å². The third kappa shape index (κ3) is 3.30. The molecule has 1 saturated heterocycles. The molecule has 1 atom stereocenters. The van der Waals surface area contributed by atoms with Gasteiger partial charge in [-0.2, -0.15) is 5.10 Å². The molecule has 1 aliphatic heterocycles. The van der Waals surface area contributed by atoms with E-state index in [1.54, 1.807) is 0 Å². The molecule has 0 aliphatic carbocycles. The number of halogens is 1. The van der Waals surface area contributed by atoms with Gasteiger partial charge in [-0.1, -0.05) is 0 Å². The molecule has 4 nitrogen and oxygen atoms in total. The summed E-state index contributed by atoms with van der Waals surface area (Å²) in [4.78, 5) is 2.42. The van der Waals surface area contributed by atoms with Crippen molar-refractivity contribution < 1.29 is 5.11 Å². The van der Waals surface area contributed by atoms with Crippen LogP contribution in [0.25, 0.3) is 0 Å². The predicted octanol–water partition coefficient (Wildman–Crippen LogP) is 1.35. The van der Waals surface area contributed by atoms with Crippen LogP contribution >= 0.6 is 15.9 Å². The maximum Gasteiger partial charge on any atom is 0.0632 e. The zero-order valence-electron chi connectivity index (χ0n) is 9.35. The van der Waals surface area contributed by atoms with Crippen molar-refractivity contribution in [3.63, 3.8) is 0 Å². The molecule has 0 spiro atoms. The minimum absolute atomic E-state index is 0.323. The number of nitrogens with zero attached hydrogens (tertiary/aromatic N) is 3. The van der Waals surface area contributed by atoms with Crippen LogP contribution in [0.4, 0.5) is 0 Å². The minimum atomic E-state index is 0.323. The summed E-state index contributed by atoms with van der Waals surface area (Å²) in [5, 5.41) is 13.4. The maximum atomic E-state index is 9.15. The Morgan fingerprint density at radius 1 is 1.50 bits per heavy atom. The van der Waals surface area contributed by atoms with Crippen molar-refractivity contribution in [2.24, 2.45) is 5.92 Å². The Bertz CT molecular complexity index is 329. The summed E-state index contributed by atoms with van der Waals surface area (Å²) in [6, 6.07) is 0. The highest BCUT2D eigenvalue weighted by Crippen LogP contribution is 2.15. The Balaban J connectivity index is 1.77. The molecule has 1 fully saturated rings. The molecule has 1 N–H and O–H groups in total. The van der Waals surface area contributed by atoms with E-state index in [2.05, 4.69) is 25.9 Å². The van der Waals surface area contributed by atoms with E-state index in [1.807, 2.05) is 17.1 Å². The lowest BCUT2D eigenvalue weighted by atomic mass is 9.99. The third-order valence-electron chi connectivity index (χ3n) is 3.11. The topological polar surface area (TPSA) is 41.3 Å². The van der Waals surface area contributed by atoms with Crippen molar-refractivity contribution in [1.29, 1.82) is 0 Å². The minimum Gasteiger partial charge on any atom is -0.396 e. The van der Waals surface area contributed by atoms with Gasteiger partial charge in [0.15, 0.2) is 0 Å². The summed E-state index contributed by atoms with van der Waals surface area (Å²) < 4.78 is 2.98. The van der Waals surface area contributed by atoms with Crippen molar-refractivity contribution in [2.75, 3.05) is 26.2 Å². The summed E-state index contributed by atoms with van der Waals surface area (Å²) in [7, 11) is 0. The summed E-state index contributed by atoms with van der Waals surface area (Å²) in [6.07, 6.45) is 6.18. The molecule has 5 heteroatoms. The van der Waals surface area contributed by atoms with Gasteiger partial charge in [0.1, 0.15) is 0 Å². The zero-order chi connectivity index (χ0) is 11.4. The molecule has 2 heterocycles. The van der Waals surface area contributed by atoms with Gasteiger partial charge in [-0.05, 0) is 41.2 Å². The number of aliphatic hydroxyl groups excluding tert-OH is 1. The van der Waals surface area contributed by atoms with E-state index in [-0.39, 0.29) is 0 Å². The number of hydrogen-bond donors (Lipinski definition) is 1. The SMILES string of the molecule is OCC1CCCN(CCn2cc(Br)cn2)C1. The van der Waals surface area contributed by atoms with Crippen LogP contribution in [0.5, 0.6) is 0 Å². The fraction of sp³-hybridized carbons (Fsp3) is 0.727. The van der Waals surface area contributed by atoms with Crippen LogP contribution in [0.3, 0.4) is 0 Å². The smallest absolute Gasteiger partial charge is 0.0632 e. The van der Waals surface area contributed by atoms with Gasteiger partial charge in [0.25, 0.3) is 0 Å². The quantitative estimate of drug-likeness (QED) is 0.909. The van der Waals surface area contributed by atoms with E-state index in [0.29, 0.717) is 12.5 Å². The molecular weight excluding hydrogens is 270 g/mol. The Morgan fingerprint density at radius 2 is 2.38 bits per heavy atom. The van der Waals surface area contributed by atoms with Crippen LogP contribution in [0.15, 0.2) is 16.9 Å². The van der Waals surface area contributed by atoms with Crippen molar-refractivity contribution in [3.8, 4) is 0 Å². The Hall–Kier alpha value is -0.390. The monoisotopic (exact) mass is 287 g/mol. The molecule has 1 aliphatic rings. The second kappa shape index (κ2) is 5.80. The first kappa shape index (κ1) is 12.1. The molecule has 1 aromatic heterocycles. The number of aliphatic hydroxyl groups is 1. The first-order chi connectivity index (χ1) is 7.78. The summed E-state index contributed by atoms with van der Waals surface area (Å²) in [6.45, 7) is 4.44. The van der Waals surface area contributed by atoms with E-state index in [9.17, 15) is 0 Å². The van der Waals surface area contributed by atoms with Gasteiger partial charge >= 0.3 is 0 Å². The van der Waals surface area contributed by atoms with E-state index in [4.69, 9.17) is 5.11 Å². The first-order valence-corrected chi connectivity index (χ1v) is 6.58. The lowest BCUT2D eigenvalue weighted by Crippen LogP contribution is -2.38. The number of piperidine rings is 1. The van der Waals surface area contributed by atoms with E-state index in [0.717, 1.165) is 30.7 Å². The normalized spacial score (nSPS) is 22.5. The Labute approximate surface area is 104 Å². The van der Waals surface area contributed by atoms with Gasteiger partial charge in [0, 0.05) is 25.9 Å². The highest BCUT2D eigenvalue weighted by molar-refractivity contribution is 9.10. The number of rotatable bonds is 4. The summed E-state index contributed by atoms with van der Waals surface area (Å²) in [5.41, 5.74) is 0. The van der Waals surface area contributed by atoms with Crippen molar-refractivity contribution >= 4 is 15.9 Å². The van der Waals surface area contributed by atoms with Crippen LogP contribution in [-0.2, 0) is 6.54 Å². The summed E-state index contributed by atoms with van der Waals surface area (Å²) in [5.74, 6) is 0.470. The Kier molecular flexibility index (Phi) is 4.37. The molecule has 0 bridgehead atoms. The maximum absolute atomic E-state index is 9.15. The zero-order valence-corrected chi connectivity index (χ0v) is 10.9. The van der Waals surface area contributed by atoms with E-state index >= 15 is 0 Å². The predicted molar refractivity (Wildman–Crippen MR) is 66.2 cm³/mol. The molecule has 90 valence electrons. The van der Waals surface area contributed by atoms with Crippen molar-refractivity contribution in [1.82, 2.24) is 14.7 Å². The first-order valence-electron chi connectivity index (χ1n) is 5.79. The molecule has 0 aromatic carbocycles. The molecule has 0 radical (unpaired) electrons. The molecule has 16 heavy (non-hydrogen) atoms. The van der Waals surface area contributed by atoms with Crippen molar-refractivity contribution in [3.05, 3.63) is 16.9 Å². The largest absolute Gasteiger partial charge is 0.396 e. The van der Waals surface area contributed by atoms with Gasteiger partial charge in [-0.3, -0.25) is 4.68 Å². The fourth-order valence-corrected chi connectivity index (χ4v) is 2.54. The van der Waals surface area contributed by atoms with E-state index < -0.39 is 0 Å². The van der Waals surface area contributed by atoms with Gasteiger partial charge in [-0.25, -0.2) is 0 Å². The molecule has 2 rings (SSSR count). The fourth-order valence-electron chi connectivity index (χ4n) is 2.21. The van der Waals surface area contributed by atoms with Gasteiger partial charge < -0.3 is 10.0 Å². The number of likely N-dealkylation sites (tertiary alicyclic amines) is 1. The van der Waals surface area contributed by atoms with Gasteiger partial charge in [0.05, 0.1) is 17.2 Å².